The zero-order chi connectivity index (χ0) is 11.5. The predicted octanol–water partition coefficient (Wildman–Crippen LogP) is 1.67. The maximum absolute atomic E-state index is 11.9. The molecule has 0 bridgehead atoms. The smallest absolute Gasteiger partial charge is 0.391 e. The molecule has 1 aromatic rings. The highest BCUT2D eigenvalue weighted by Gasteiger charge is 2.30. The Balaban J connectivity index is 2.35. The third-order valence-corrected chi connectivity index (χ3v) is 2.12. The molecule has 0 fully saturated rings. The Bertz CT molecular complexity index is 309. The summed E-state index contributed by atoms with van der Waals surface area (Å²) < 4.78 is 37.2. The second kappa shape index (κ2) is 4.65. The lowest BCUT2D eigenvalue weighted by molar-refractivity contribution is -0.153. The largest absolute Gasteiger partial charge is 0.393 e. The summed E-state index contributed by atoms with van der Waals surface area (Å²) in [5, 5.41) is 13.0. The quantitative estimate of drug-likeness (QED) is 0.841. The van der Waals surface area contributed by atoms with Crippen molar-refractivity contribution in [1.82, 2.24) is 9.78 Å². The number of hydrogen-bond donors (Lipinski definition) is 1. The van der Waals surface area contributed by atoms with Gasteiger partial charge in [-0.3, -0.25) is 4.68 Å². The van der Waals surface area contributed by atoms with Gasteiger partial charge in [0, 0.05) is 18.9 Å². The summed E-state index contributed by atoms with van der Waals surface area (Å²) in [5.41, 5.74) is 0.816. The molecule has 86 valence electrons. The number of rotatable bonds is 4. The van der Waals surface area contributed by atoms with Crippen LogP contribution in [0.15, 0.2) is 12.3 Å². The van der Waals surface area contributed by atoms with E-state index in [1.807, 2.05) is 0 Å². The van der Waals surface area contributed by atoms with E-state index >= 15 is 0 Å². The van der Waals surface area contributed by atoms with Crippen molar-refractivity contribution in [2.75, 3.05) is 0 Å². The van der Waals surface area contributed by atoms with Gasteiger partial charge in [-0.05, 0) is 18.9 Å². The molecule has 0 aliphatic rings. The van der Waals surface area contributed by atoms with E-state index in [9.17, 15) is 13.2 Å². The predicted molar refractivity (Wildman–Crippen MR) is 48.2 cm³/mol. The molecule has 1 unspecified atom stereocenters. The molecule has 6 heteroatoms. The van der Waals surface area contributed by atoms with Gasteiger partial charge in [-0.1, -0.05) is 0 Å². The Hall–Kier alpha value is -1.04. The number of hydrogen-bond acceptors (Lipinski definition) is 2. The second-order valence-electron chi connectivity index (χ2n) is 3.46. The van der Waals surface area contributed by atoms with E-state index in [-0.39, 0.29) is 6.42 Å². The number of aliphatic hydroxyl groups is 1. The zero-order valence-corrected chi connectivity index (χ0v) is 8.33. The molecule has 0 amide bonds. The lowest BCUT2D eigenvalue weighted by Gasteiger charge is -2.12. The Morgan fingerprint density at radius 3 is 2.67 bits per heavy atom. The molecule has 0 spiro atoms. The molecule has 0 saturated carbocycles. The molecule has 0 aliphatic carbocycles. The van der Waals surface area contributed by atoms with Crippen LogP contribution in [0.1, 0.15) is 18.5 Å². The van der Waals surface area contributed by atoms with Crippen LogP contribution in [-0.2, 0) is 13.5 Å². The normalized spacial score (nSPS) is 14.2. The van der Waals surface area contributed by atoms with Gasteiger partial charge in [0.2, 0.25) is 0 Å². The van der Waals surface area contributed by atoms with E-state index in [0.29, 0.717) is 6.42 Å². The van der Waals surface area contributed by atoms with E-state index in [0.717, 1.165) is 5.69 Å². The number of alkyl halides is 3. The highest BCUT2D eigenvalue weighted by Crippen LogP contribution is 2.23. The highest BCUT2D eigenvalue weighted by molar-refractivity contribution is 5.00. The molecule has 0 aromatic carbocycles. The van der Waals surface area contributed by atoms with Crippen LogP contribution in [-0.4, -0.2) is 27.2 Å². The fourth-order valence-corrected chi connectivity index (χ4v) is 1.33. The molecule has 3 nitrogen and oxygen atoms in total. The lowest BCUT2D eigenvalue weighted by atomic mass is 10.1. The molecule has 1 heterocycles. The van der Waals surface area contributed by atoms with E-state index in [1.54, 1.807) is 24.0 Å². The summed E-state index contributed by atoms with van der Waals surface area (Å²) in [7, 11) is 1.71. The molecule has 1 N–H and O–H groups in total. The average Bonchev–Trinajstić information content (AvgIpc) is 2.44. The molecule has 1 aromatic heterocycles. The van der Waals surface area contributed by atoms with Crippen molar-refractivity contribution in [3.8, 4) is 0 Å². The van der Waals surface area contributed by atoms with Gasteiger partial charge < -0.3 is 5.11 Å². The third-order valence-electron chi connectivity index (χ3n) is 2.12. The number of aromatic nitrogens is 2. The molecule has 1 rings (SSSR count). The molecule has 0 saturated heterocycles. The SMILES string of the molecule is Cn1nccc1CCC(O)CC(F)(F)F. The van der Waals surface area contributed by atoms with Crippen molar-refractivity contribution in [2.45, 2.75) is 31.5 Å². The average molecular weight is 222 g/mol. The Kier molecular flexibility index (Phi) is 3.73. The van der Waals surface area contributed by atoms with Gasteiger partial charge in [0.05, 0.1) is 12.5 Å². The van der Waals surface area contributed by atoms with Crippen LogP contribution in [0.3, 0.4) is 0 Å². The van der Waals surface area contributed by atoms with Crippen molar-refractivity contribution in [1.29, 1.82) is 0 Å². The van der Waals surface area contributed by atoms with Crippen LogP contribution in [0.25, 0.3) is 0 Å². The van der Waals surface area contributed by atoms with E-state index in [4.69, 9.17) is 5.11 Å². The van der Waals surface area contributed by atoms with E-state index in [2.05, 4.69) is 5.10 Å². The minimum Gasteiger partial charge on any atom is -0.393 e. The number of aliphatic hydroxyl groups excluding tert-OH is 1. The first-order valence-corrected chi connectivity index (χ1v) is 4.60. The number of halogens is 3. The summed E-state index contributed by atoms with van der Waals surface area (Å²) in [6, 6.07) is 1.72. The summed E-state index contributed by atoms with van der Waals surface area (Å²) in [6.07, 6.45) is -4.71. The molecular weight excluding hydrogens is 209 g/mol. The monoisotopic (exact) mass is 222 g/mol. The highest BCUT2D eigenvalue weighted by atomic mass is 19.4. The third kappa shape index (κ3) is 4.33. The van der Waals surface area contributed by atoms with Crippen molar-refractivity contribution in [3.63, 3.8) is 0 Å². The summed E-state index contributed by atoms with van der Waals surface area (Å²) >= 11 is 0. The van der Waals surface area contributed by atoms with Gasteiger partial charge in [-0.25, -0.2) is 0 Å². The van der Waals surface area contributed by atoms with Crippen LogP contribution >= 0.6 is 0 Å². The van der Waals surface area contributed by atoms with Crippen LogP contribution in [0.2, 0.25) is 0 Å². The molecule has 0 radical (unpaired) electrons. The van der Waals surface area contributed by atoms with Gasteiger partial charge >= 0.3 is 6.18 Å². The number of aryl methyl sites for hydroxylation is 2. The molecule has 0 aliphatic heterocycles. The Morgan fingerprint density at radius 2 is 2.20 bits per heavy atom. The van der Waals surface area contributed by atoms with Crippen molar-refractivity contribution in [2.24, 2.45) is 7.05 Å². The molecule has 15 heavy (non-hydrogen) atoms. The first kappa shape index (κ1) is 12.0. The van der Waals surface area contributed by atoms with Gasteiger partial charge in [-0.15, -0.1) is 0 Å². The van der Waals surface area contributed by atoms with Gasteiger partial charge in [0.1, 0.15) is 0 Å². The maximum atomic E-state index is 11.9. The first-order chi connectivity index (χ1) is 6.88. The maximum Gasteiger partial charge on any atom is 0.391 e. The first-order valence-electron chi connectivity index (χ1n) is 4.60. The lowest BCUT2D eigenvalue weighted by Crippen LogP contribution is -2.20. The fourth-order valence-electron chi connectivity index (χ4n) is 1.33. The van der Waals surface area contributed by atoms with Gasteiger partial charge in [0.25, 0.3) is 0 Å². The number of nitrogens with zero attached hydrogens (tertiary/aromatic N) is 2. The van der Waals surface area contributed by atoms with Crippen LogP contribution in [0.4, 0.5) is 13.2 Å². The van der Waals surface area contributed by atoms with Crippen LogP contribution < -0.4 is 0 Å². The standard InChI is InChI=1S/C9H13F3N2O/c1-14-7(4-5-13-14)2-3-8(15)6-9(10,11)12/h4-5,8,15H,2-3,6H2,1H3. The Labute approximate surface area is 85.5 Å². The Morgan fingerprint density at radius 1 is 1.53 bits per heavy atom. The van der Waals surface area contributed by atoms with Gasteiger partial charge in [0.15, 0.2) is 0 Å². The van der Waals surface area contributed by atoms with Crippen molar-refractivity contribution in [3.05, 3.63) is 18.0 Å². The van der Waals surface area contributed by atoms with E-state index in [1.165, 1.54) is 0 Å². The molecule has 1 atom stereocenters. The summed E-state index contributed by atoms with van der Waals surface area (Å²) in [5.74, 6) is 0. The molecular formula is C9H13F3N2O. The van der Waals surface area contributed by atoms with Crippen molar-refractivity contribution < 1.29 is 18.3 Å². The van der Waals surface area contributed by atoms with Crippen molar-refractivity contribution >= 4 is 0 Å². The minimum absolute atomic E-state index is 0.0963. The minimum atomic E-state index is -4.30. The summed E-state index contributed by atoms with van der Waals surface area (Å²) in [6.45, 7) is 0. The second-order valence-corrected chi connectivity index (χ2v) is 3.46. The topological polar surface area (TPSA) is 38.0 Å². The van der Waals surface area contributed by atoms with Gasteiger partial charge in [-0.2, -0.15) is 18.3 Å². The summed E-state index contributed by atoms with van der Waals surface area (Å²) in [4.78, 5) is 0. The fraction of sp³-hybridized carbons (Fsp3) is 0.667. The van der Waals surface area contributed by atoms with Crippen LogP contribution in [0, 0.1) is 0 Å². The van der Waals surface area contributed by atoms with Crippen LogP contribution in [0.5, 0.6) is 0 Å². The van der Waals surface area contributed by atoms with E-state index < -0.39 is 18.7 Å². The zero-order valence-electron chi connectivity index (χ0n) is 8.33.